The number of nitrogens with zero attached hydrogens (tertiary/aromatic N) is 1. The summed E-state index contributed by atoms with van der Waals surface area (Å²) in [5.41, 5.74) is 3.22. The first-order valence-electron chi connectivity index (χ1n) is 6.80. The van der Waals surface area contributed by atoms with E-state index in [2.05, 4.69) is 20.3 Å². The molecule has 2 aromatic carbocycles. The van der Waals surface area contributed by atoms with Crippen LogP contribution in [0.4, 0.5) is 5.69 Å². The minimum absolute atomic E-state index is 0.185. The molecule has 6 heteroatoms. The maximum atomic E-state index is 8.19. The van der Waals surface area contributed by atoms with Crippen molar-refractivity contribution in [2.45, 2.75) is 0 Å². The summed E-state index contributed by atoms with van der Waals surface area (Å²) in [6, 6.07) is 15.3. The predicted octanol–water partition coefficient (Wildman–Crippen LogP) is 3.19. The quantitative estimate of drug-likeness (QED) is 0.333. The first-order chi connectivity index (χ1) is 10.7. The van der Waals surface area contributed by atoms with Crippen molar-refractivity contribution in [3.05, 3.63) is 64.4 Å². The van der Waals surface area contributed by atoms with Crippen LogP contribution in [0.3, 0.4) is 0 Å². The van der Waals surface area contributed by atoms with Gasteiger partial charge in [0.2, 0.25) is 0 Å². The third kappa shape index (κ3) is 2.82. The first kappa shape index (κ1) is 14.2. The summed E-state index contributed by atoms with van der Waals surface area (Å²) in [5, 5.41) is 12.1. The van der Waals surface area contributed by atoms with Gasteiger partial charge < -0.3 is 15.3 Å². The SMILES string of the molecule is CNc1ccc(C(=N)/N=c2\[nH]c(=S)[nH]c3ccccc23)cc1. The fraction of sp³-hybridized carbons (Fsp3) is 0.0625. The molecule has 0 saturated heterocycles. The number of para-hydroxylation sites is 1. The van der Waals surface area contributed by atoms with Crippen molar-refractivity contribution in [2.75, 3.05) is 12.4 Å². The molecular weight excluding hydrogens is 294 g/mol. The zero-order valence-corrected chi connectivity index (χ0v) is 12.8. The highest BCUT2D eigenvalue weighted by Crippen LogP contribution is 2.10. The molecule has 0 bridgehead atoms. The standard InChI is InChI=1S/C16H15N5S/c1-18-11-8-6-10(7-9-11)14(17)20-15-12-4-2-3-5-13(12)19-16(22)21-15/h2-9,18H,1H3,(H3,17,19,20,21,22). The van der Waals surface area contributed by atoms with Crippen molar-refractivity contribution in [3.8, 4) is 0 Å². The van der Waals surface area contributed by atoms with Gasteiger partial charge in [0.15, 0.2) is 10.6 Å². The van der Waals surface area contributed by atoms with Crippen LogP contribution < -0.4 is 10.8 Å². The number of hydrogen-bond acceptors (Lipinski definition) is 3. The molecule has 0 amide bonds. The van der Waals surface area contributed by atoms with Gasteiger partial charge in [-0.1, -0.05) is 12.1 Å². The van der Waals surface area contributed by atoms with E-state index in [-0.39, 0.29) is 5.84 Å². The molecule has 0 unspecified atom stereocenters. The number of aromatic amines is 2. The van der Waals surface area contributed by atoms with Gasteiger partial charge in [0.1, 0.15) is 5.49 Å². The molecule has 0 atom stereocenters. The maximum absolute atomic E-state index is 8.19. The smallest absolute Gasteiger partial charge is 0.176 e. The van der Waals surface area contributed by atoms with Gasteiger partial charge in [-0.3, -0.25) is 5.41 Å². The van der Waals surface area contributed by atoms with E-state index in [1.54, 1.807) is 0 Å². The first-order valence-corrected chi connectivity index (χ1v) is 7.21. The van der Waals surface area contributed by atoms with Crippen molar-refractivity contribution >= 4 is 34.6 Å². The fourth-order valence-electron chi connectivity index (χ4n) is 2.19. The number of nitrogens with one attached hydrogen (secondary N) is 4. The second-order valence-corrected chi connectivity index (χ2v) is 5.17. The second-order valence-electron chi connectivity index (χ2n) is 4.76. The molecule has 22 heavy (non-hydrogen) atoms. The number of hydrogen-bond donors (Lipinski definition) is 4. The van der Waals surface area contributed by atoms with Crippen LogP contribution in [0, 0.1) is 10.2 Å². The van der Waals surface area contributed by atoms with Crippen LogP contribution in [0.25, 0.3) is 10.9 Å². The lowest BCUT2D eigenvalue weighted by Gasteiger charge is -2.03. The Labute approximate surface area is 132 Å². The summed E-state index contributed by atoms with van der Waals surface area (Å²) in [7, 11) is 1.86. The van der Waals surface area contributed by atoms with Gasteiger partial charge in [-0.25, -0.2) is 4.99 Å². The molecule has 0 fully saturated rings. The van der Waals surface area contributed by atoms with E-state index >= 15 is 0 Å². The average Bonchev–Trinajstić information content (AvgIpc) is 2.54. The Bertz CT molecular complexity index is 950. The summed E-state index contributed by atoms with van der Waals surface area (Å²) in [5.74, 6) is 0.185. The Morgan fingerprint density at radius 1 is 1.09 bits per heavy atom. The molecule has 4 N–H and O–H groups in total. The topological polar surface area (TPSA) is 79.8 Å². The third-order valence-corrected chi connectivity index (χ3v) is 3.54. The highest BCUT2D eigenvalue weighted by molar-refractivity contribution is 7.71. The van der Waals surface area contributed by atoms with E-state index in [9.17, 15) is 0 Å². The van der Waals surface area contributed by atoms with E-state index in [0.717, 1.165) is 22.2 Å². The minimum Gasteiger partial charge on any atom is -0.388 e. The van der Waals surface area contributed by atoms with Crippen LogP contribution >= 0.6 is 12.2 Å². The van der Waals surface area contributed by atoms with Crippen molar-refractivity contribution in [2.24, 2.45) is 4.99 Å². The highest BCUT2D eigenvalue weighted by atomic mass is 32.1. The van der Waals surface area contributed by atoms with Gasteiger partial charge in [0.05, 0.1) is 5.52 Å². The molecule has 1 aromatic heterocycles. The third-order valence-electron chi connectivity index (χ3n) is 3.33. The van der Waals surface area contributed by atoms with E-state index in [1.165, 1.54) is 0 Å². The van der Waals surface area contributed by atoms with E-state index in [0.29, 0.717) is 10.3 Å². The van der Waals surface area contributed by atoms with Crippen LogP contribution in [0.1, 0.15) is 5.56 Å². The van der Waals surface area contributed by atoms with Gasteiger partial charge in [0, 0.05) is 23.7 Å². The summed E-state index contributed by atoms with van der Waals surface area (Å²) in [4.78, 5) is 10.5. The summed E-state index contributed by atoms with van der Waals surface area (Å²) < 4.78 is 0.482. The zero-order valence-electron chi connectivity index (χ0n) is 12.0. The molecule has 3 rings (SSSR count). The maximum Gasteiger partial charge on any atom is 0.176 e. The number of benzene rings is 2. The van der Waals surface area contributed by atoms with Crippen LogP contribution in [0.5, 0.6) is 0 Å². The van der Waals surface area contributed by atoms with Gasteiger partial charge in [-0.15, -0.1) is 0 Å². The molecule has 5 nitrogen and oxygen atoms in total. The summed E-state index contributed by atoms with van der Waals surface area (Å²) in [6.45, 7) is 0. The Balaban J connectivity index is 2.11. The largest absolute Gasteiger partial charge is 0.388 e. The number of H-pyrrole nitrogens is 2. The van der Waals surface area contributed by atoms with Crippen molar-refractivity contribution in [1.82, 2.24) is 9.97 Å². The number of fused-ring (bicyclic) bond motifs is 1. The average molecular weight is 309 g/mol. The molecule has 0 radical (unpaired) electrons. The molecule has 3 aromatic rings. The second kappa shape index (κ2) is 5.95. The molecule has 110 valence electrons. The van der Waals surface area contributed by atoms with Gasteiger partial charge in [0.25, 0.3) is 0 Å². The normalized spacial score (nSPS) is 11.6. The van der Waals surface area contributed by atoms with Crippen LogP contribution in [0.15, 0.2) is 53.5 Å². The fourth-order valence-corrected chi connectivity index (χ4v) is 2.39. The number of anilines is 1. The van der Waals surface area contributed by atoms with Gasteiger partial charge in [-0.05, 0) is 48.6 Å². The summed E-state index contributed by atoms with van der Waals surface area (Å²) in [6.07, 6.45) is 0. The minimum atomic E-state index is 0.185. The Morgan fingerprint density at radius 2 is 1.82 bits per heavy atom. The van der Waals surface area contributed by atoms with Crippen LogP contribution in [-0.4, -0.2) is 22.9 Å². The molecule has 0 saturated carbocycles. The Morgan fingerprint density at radius 3 is 2.55 bits per heavy atom. The molecular formula is C16H15N5S. The molecule has 0 spiro atoms. The van der Waals surface area contributed by atoms with E-state index < -0.39 is 0 Å². The molecule has 0 aliphatic carbocycles. The Hall–Kier alpha value is -2.73. The number of aromatic nitrogens is 2. The molecule has 1 heterocycles. The monoisotopic (exact) mass is 309 g/mol. The van der Waals surface area contributed by atoms with Crippen molar-refractivity contribution in [1.29, 1.82) is 5.41 Å². The predicted molar refractivity (Wildman–Crippen MR) is 91.9 cm³/mol. The van der Waals surface area contributed by atoms with Crippen LogP contribution in [-0.2, 0) is 0 Å². The van der Waals surface area contributed by atoms with E-state index in [1.807, 2.05) is 55.6 Å². The molecule has 0 aliphatic heterocycles. The highest BCUT2D eigenvalue weighted by Gasteiger charge is 2.01. The summed E-state index contributed by atoms with van der Waals surface area (Å²) >= 11 is 5.18. The number of amidine groups is 1. The van der Waals surface area contributed by atoms with Crippen LogP contribution in [0.2, 0.25) is 0 Å². The number of rotatable bonds is 2. The van der Waals surface area contributed by atoms with Gasteiger partial charge >= 0.3 is 0 Å². The van der Waals surface area contributed by atoms with E-state index in [4.69, 9.17) is 17.6 Å². The lowest BCUT2D eigenvalue weighted by molar-refractivity contribution is 1.10. The molecule has 0 aliphatic rings. The lowest BCUT2D eigenvalue weighted by Crippen LogP contribution is -2.13. The Kier molecular flexibility index (Phi) is 3.84. The lowest BCUT2D eigenvalue weighted by atomic mass is 10.2. The zero-order chi connectivity index (χ0) is 15.5. The van der Waals surface area contributed by atoms with Gasteiger partial charge in [-0.2, -0.15) is 0 Å². The van der Waals surface area contributed by atoms with Crippen molar-refractivity contribution < 1.29 is 0 Å². The van der Waals surface area contributed by atoms with Crippen molar-refractivity contribution in [3.63, 3.8) is 0 Å².